The number of rotatable bonds is 11. The predicted molar refractivity (Wildman–Crippen MR) is 148 cm³/mol. The Kier molecular flexibility index (Phi) is 11.7. The van der Waals surface area contributed by atoms with Gasteiger partial charge in [-0.15, -0.1) is 0 Å². The Labute approximate surface area is 219 Å². The van der Waals surface area contributed by atoms with Gasteiger partial charge in [-0.2, -0.15) is 17.0 Å². The summed E-state index contributed by atoms with van der Waals surface area (Å²) in [5.41, 5.74) is 4.37. The SMILES string of the molecule is CCCCC(=O)NCCCCCCc1ccc(-c2ccc(C#N)cc2)cc1.O=C1NC2CSCC2N1. The molecule has 0 aromatic heterocycles. The molecule has 6 nitrogen and oxygen atoms in total. The Morgan fingerprint density at radius 3 is 2.17 bits per heavy atom. The maximum absolute atomic E-state index is 11.5. The lowest BCUT2D eigenvalue weighted by molar-refractivity contribution is -0.121. The van der Waals surface area contributed by atoms with Gasteiger partial charge in [-0.3, -0.25) is 4.79 Å². The lowest BCUT2D eigenvalue weighted by Gasteiger charge is -2.06. The first-order valence-electron chi connectivity index (χ1n) is 13.1. The molecule has 4 rings (SSSR count). The second-order valence-electron chi connectivity index (χ2n) is 9.37. The molecule has 7 heteroatoms. The van der Waals surface area contributed by atoms with Crippen molar-refractivity contribution in [3.05, 3.63) is 59.7 Å². The molecule has 2 aliphatic rings. The number of amides is 3. The van der Waals surface area contributed by atoms with Crippen molar-refractivity contribution in [3.63, 3.8) is 0 Å². The van der Waals surface area contributed by atoms with Crippen molar-refractivity contribution in [2.45, 2.75) is 70.4 Å². The molecule has 36 heavy (non-hydrogen) atoms. The topological polar surface area (TPSA) is 94.0 Å². The van der Waals surface area contributed by atoms with Crippen LogP contribution in [0.25, 0.3) is 11.1 Å². The third-order valence-electron chi connectivity index (χ3n) is 6.49. The molecule has 2 aromatic carbocycles. The van der Waals surface area contributed by atoms with Gasteiger partial charge in [0.1, 0.15) is 0 Å². The third-order valence-corrected chi connectivity index (χ3v) is 7.68. The Balaban J connectivity index is 0.000000331. The number of carbonyl (C=O) groups excluding carboxylic acids is 2. The summed E-state index contributed by atoms with van der Waals surface area (Å²) in [6.45, 7) is 2.91. The first kappa shape index (κ1) is 27.6. The molecule has 2 atom stereocenters. The molecule has 0 aliphatic carbocycles. The van der Waals surface area contributed by atoms with Crippen LogP contribution in [0.3, 0.4) is 0 Å². The van der Waals surface area contributed by atoms with Gasteiger partial charge in [0, 0.05) is 24.5 Å². The maximum Gasteiger partial charge on any atom is 0.315 e. The minimum absolute atomic E-state index is 0.00491. The summed E-state index contributed by atoms with van der Waals surface area (Å²) in [6.07, 6.45) is 8.41. The number of nitriles is 1. The molecule has 3 N–H and O–H groups in total. The monoisotopic (exact) mass is 506 g/mol. The highest BCUT2D eigenvalue weighted by Gasteiger charge is 2.35. The van der Waals surface area contributed by atoms with Crippen LogP contribution in [0.5, 0.6) is 0 Å². The van der Waals surface area contributed by atoms with Crippen LogP contribution in [0.4, 0.5) is 4.79 Å². The fourth-order valence-corrected chi connectivity index (χ4v) is 5.55. The number of carbonyl (C=O) groups is 2. The molecule has 2 heterocycles. The summed E-state index contributed by atoms with van der Waals surface area (Å²) in [5.74, 6) is 2.34. The summed E-state index contributed by atoms with van der Waals surface area (Å²) in [7, 11) is 0. The minimum atomic E-state index is 0.00491. The second kappa shape index (κ2) is 15.2. The number of unbranched alkanes of at least 4 members (excludes halogenated alkanes) is 4. The zero-order chi connectivity index (χ0) is 25.6. The average molecular weight is 507 g/mol. The van der Waals surface area contributed by atoms with Crippen LogP contribution in [0, 0.1) is 11.3 Å². The van der Waals surface area contributed by atoms with Gasteiger partial charge >= 0.3 is 6.03 Å². The van der Waals surface area contributed by atoms with Crippen molar-refractivity contribution in [2.24, 2.45) is 0 Å². The fourth-order valence-electron chi connectivity index (χ4n) is 4.28. The van der Waals surface area contributed by atoms with Crippen LogP contribution in [0.1, 0.15) is 63.0 Å². The number of hydrogen-bond donors (Lipinski definition) is 3. The van der Waals surface area contributed by atoms with E-state index in [2.05, 4.69) is 53.2 Å². The van der Waals surface area contributed by atoms with Gasteiger partial charge in [0.2, 0.25) is 5.91 Å². The normalized spacial score (nSPS) is 17.7. The van der Waals surface area contributed by atoms with Crippen LogP contribution < -0.4 is 16.0 Å². The molecule has 0 saturated carbocycles. The summed E-state index contributed by atoms with van der Waals surface area (Å²) in [4.78, 5) is 22.1. The molecule has 2 unspecified atom stereocenters. The van der Waals surface area contributed by atoms with Gasteiger partial charge in [0.25, 0.3) is 0 Å². The van der Waals surface area contributed by atoms with E-state index in [1.807, 2.05) is 36.0 Å². The highest BCUT2D eigenvalue weighted by Crippen LogP contribution is 2.22. The van der Waals surface area contributed by atoms with Crippen LogP contribution in [-0.2, 0) is 11.2 Å². The third kappa shape index (κ3) is 9.23. The van der Waals surface area contributed by atoms with E-state index in [1.165, 1.54) is 24.0 Å². The van der Waals surface area contributed by atoms with Gasteiger partial charge in [0.05, 0.1) is 23.7 Å². The fraction of sp³-hybridized carbons (Fsp3) is 0.483. The Hall–Kier alpha value is -2.98. The van der Waals surface area contributed by atoms with Crippen LogP contribution >= 0.6 is 11.8 Å². The zero-order valence-corrected chi connectivity index (χ0v) is 22.0. The van der Waals surface area contributed by atoms with E-state index in [1.54, 1.807) is 0 Å². The van der Waals surface area contributed by atoms with Crippen LogP contribution in [0.2, 0.25) is 0 Å². The van der Waals surface area contributed by atoms with Crippen molar-refractivity contribution < 1.29 is 9.59 Å². The number of urea groups is 1. The Bertz CT molecular complexity index is 987. The summed E-state index contributed by atoms with van der Waals surface area (Å²) in [5, 5.41) is 17.6. The van der Waals surface area contributed by atoms with E-state index in [0.717, 1.165) is 55.7 Å². The zero-order valence-electron chi connectivity index (χ0n) is 21.2. The number of nitrogens with one attached hydrogen (secondary N) is 3. The smallest absolute Gasteiger partial charge is 0.315 e. The molecular formula is C29H38N4O2S. The lowest BCUT2D eigenvalue weighted by Crippen LogP contribution is -2.31. The van der Waals surface area contributed by atoms with Crippen molar-refractivity contribution in [1.29, 1.82) is 5.26 Å². The largest absolute Gasteiger partial charge is 0.356 e. The summed E-state index contributed by atoms with van der Waals surface area (Å²) < 4.78 is 0. The summed E-state index contributed by atoms with van der Waals surface area (Å²) in [6, 6.07) is 19.4. The maximum atomic E-state index is 11.5. The highest BCUT2D eigenvalue weighted by atomic mass is 32.2. The number of benzene rings is 2. The van der Waals surface area contributed by atoms with Crippen molar-refractivity contribution >= 4 is 23.7 Å². The van der Waals surface area contributed by atoms with Crippen molar-refractivity contribution in [3.8, 4) is 17.2 Å². The quantitative estimate of drug-likeness (QED) is 0.280. The van der Waals surface area contributed by atoms with Gasteiger partial charge in [0.15, 0.2) is 0 Å². The van der Waals surface area contributed by atoms with Gasteiger partial charge in [-0.05, 0) is 54.5 Å². The molecule has 2 aromatic rings. The Morgan fingerprint density at radius 1 is 0.944 bits per heavy atom. The van der Waals surface area contributed by atoms with Gasteiger partial charge in [-0.1, -0.05) is 62.6 Å². The highest BCUT2D eigenvalue weighted by molar-refractivity contribution is 7.99. The van der Waals surface area contributed by atoms with Crippen molar-refractivity contribution in [1.82, 2.24) is 16.0 Å². The predicted octanol–water partition coefficient (Wildman–Crippen LogP) is 5.42. The number of aryl methyl sites for hydroxylation is 1. The molecule has 0 spiro atoms. The molecule has 0 bridgehead atoms. The molecular weight excluding hydrogens is 468 g/mol. The van der Waals surface area contributed by atoms with E-state index in [4.69, 9.17) is 5.26 Å². The molecule has 3 amide bonds. The number of fused-ring (bicyclic) bond motifs is 1. The van der Waals surface area contributed by atoms with E-state index in [9.17, 15) is 9.59 Å². The van der Waals surface area contributed by atoms with Crippen LogP contribution in [0.15, 0.2) is 48.5 Å². The number of nitrogens with zero attached hydrogens (tertiary/aromatic N) is 1. The number of thioether (sulfide) groups is 1. The van der Waals surface area contributed by atoms with Crippen LogP contribution in [-0.4, -0.2) is 42.1 Å². The average Bonchev–Trinajstić information content (AvgIpc) is 3.48. The van der Waals surface area contributed by atoms with Gasteiger partial charge < -0.3 is 16.0 Å². The van der Waals surface area contributed by atoms with E-state index in [0.29, 0.717) is 24.1 Å². The molecule has 0 radical (unpaired) electrons. The first-order valence-corrected chi connectivity index (χ1v) is 14.3. The minimum Gasteiger partial charge on any atom is -0.356 e. The summed E-state index contributed by atoms with van der Waals surface area (Å²) >= 11 is 1.89. The lowest BCUT2D eigenvalue weighted by atomic mass is 10.0. The molecule has 2 saturated heterocycles. The van der Waals surface area contributed by atoms with E-state index >= 15 is 0 Å². The Morgan fingerprint density at radius 2 is 1.56 bits per heavy atom. The number of hydrogen-bond acceptors (Lipinski definition) is 4. The first-order chi connectivity index (χ1) is 17.6. The molecule has 192 valence electrons. The second-order valence-corrected chi connectivity index (χ2v) is 10.4. The van der Waals surface area contributed by atoms with E-state index < -0.39 is 0 Å². The van der Waals surface area contributed by atoms with Crippen molar-refractivity contribution in [2.75, 3.05) is 18.1 Å². The molecule has 2 aliphatic heterocycles. The standard InChI is InChI=1S/C24H30N2O.C5H8N2OS/c1-2-3-9-24(27)26-18-7-5-4-6-8-20-10-14-22(15-11-20)23-16-12-21(19-25)13-17-23;8-5-6-3-1-9-2-4(3)7-5/h10-17H,2-9,18H2,1H3,(H,26,27);3-4H,1-2H2,(H2,6,7,8). The van der Waals surface area contributed by atoms with E-state index in [-0.39, 0.29) is 11.9 Å². The molecule has 2 fully saturated rings. The van der Waals surface area contributed by atoms with Gasteiger partial charge in [-0.25, -0.2) is 4.79 Å².